The monoisotopic (exact) mass is 372 g/mol. The van der Waals surface area contributed by atoms with E-state index in [1.807, 2.05) is 13.0 Å². The first kappa shape index (κ1) is 18.0. The van der Waals surface area contributed by atoms with Crippen LogP contribution in [0, 0.1) is 6.92 Å². The fourth-order valence-electron chi connectivity index (χ4n) is 2.73. The Bertz CT molecular complexity index is 1040. The van der Waals surface area contributed by atoms with E-state index in [0.29, 0.717) is 18.4 Å². The van der Waals surface area contributed by atoms with E-state index in [1.165, 1.54) is 19.1 Å². The summed E-state index contributed by atoms with van der Waals surface area (Å²) < 4.78 is 30.6. The van der Waals surface area contributed by atoms with Crippen molar-refractivity contribution in [1.29, 1.82) is 0 Å². The standard InChI is InChI=1S/C19H20N2O4S/c1-13-6-8-16(9-7-13)26(23,24)25-18-5-3-4-17-19(18)15(12-21-17)10-11-20-14(2)22/h3-9,12,21H,10-11H2,1-2H3,(H,20,22). The lowest BCUT2D eigenvalue weighted by atomic mass is 10.1. The number of rotatable bonds is 6. The minimum absolute atomic E-state index is 0.107. The van der Waals surface area contributed by atoms with E-state index < -0.39 is 10.1 Å². The highest BCUT2D eigenvalue weighted by atomic mass is 32.2. The number of nitrogens with one attached hydrogen (secondary N) is 2. The van der Waals surface area contributed by atoms with Crippen LogP contribution in [0.1, 0.15) is 18.1 Å². The Morgan fingerprint density at radius 2 is 1.88 bits per heavy atom. The van der Waals surface area contributed by atoms with Gasteiger partial charge in [0, 0.05) is 30.6 Å². The zero-order chi connectivity index (χ0) is 18.7. The average molecular weight is 372 g/mol. The van der Waals surface area contributed by atoms with Gasteiger partial charge in [-0.1, -0.05) is 23.8 Å². The maximum absolute atomic E-state index is 12.6. The van der Waals surface area contributed by atoms with Crippen LogP contribution >= 0.6 is 0 Å². The molecular formula is C19H20N2O4S. The van der Waals surface area contributed by atoms with Crippen molar-refractivity contribution in [3.8, 4) is 5.75 Å². The summed E-state index contributed by atoms with van der Waals surface area (Å²) in [6.07, 6.45) is 2.36. The quantitative estimate of drug-likeness (QED) is 0.651. The van der Waals surface area contributed by atoms with Gasteiger partial charge in [-0.3, -0.25) is 4.79 Å². The van der Waals surface area contributed by atoms with Crippen LogP contribution in [0.3, 0.4) is 0 Å². The molecular weight excluding hydrogens is 352 g/mol. The van der Waals surface area contributed by atoms with Crippen molar-refractivity contribution in [2.75, 3.05) is 6.54 Å². The van der Waals surface area contributed by atoms with E-state index in [-0.39, 0.29) is 16.6 Å². The van der Waals surface area contributed by atoms with Gasteiger partial charge in [0.2, 0.25) is 5.91 Å². The molecule has 0 aliphatic rings. The Morgan fingerprint density at radius 1 is 1.15 bits per heavy atom. The lowest BCUT2D eigenvalue weighted by Crippen LogP contribution is -2.22. The van der Waals surface area contributed by atoms with Crippen LogP contribution in [0.2, 0.25) is 0 Å². The molecule has 26 heavy (non-hydrogen) atoms. The lowest BCUT2D eigenvalue weighted by Gasteiger charge is -2.10. The van der Waals surface area contributed by atoms with Gasteiger partial charge in [-0.05, 0) is 43.2 Å². The van der Waals surface area contributed by atoms with Gasteiger partial charge in [-0.2, -0.15) is 8.42 Å². The highest BCUT2D eigenvalue weighted by Crippen LogP contribution is 2.31. The fourth-order valence-corrected chi connectivity index (χ4v) is 3.67. The number of carbonyl (C=O) groups excluding carboxylic acids is 1. The molecule has 0 atom stereocenters. The zero-order valence-electron chi connectivity index (χ0n) is 14.6. The third-order valence-electron chi connectivity index (χ3n) is 4.03. The van der Waals surface area contributed by atoms with Crippen molar-refractivity contribution in [2.45, 2.75) is 25.2 Å². The molecule has 2 aromatic carbocycles. The molecule has 1 amide bonds. The summed E-state index contributed by atoms with van der Waals surface area (Å²) in [4.78, 5) is 14.3. The van der Waals surface area contributed by atoms with E-state index in [0.717, 1.165) is 16.6 Å². The van der Waals surface area contributed by atoms with E-state index >= 15 is 0 Å². The van der Waals surface area contributed by atoms with E-state index in [9.17, 15) is 13.2 Å². The minimum atomic E-state index is -3.93. The molecule has 1 heterocycles. The van der Waals surface area contributed by atoms with Gasteiger partial charge >= 0.3 is 10.1 Å². The first-order chi connectivity index (χ1) is 12.4. The van der Waals surface area contributed by atoms with Gasteiger partial charge in [-0.15, -0.1) is 0 Å². The molecule has 0 aliphatic heterocycles. The molecule has 0 bridgehead atoms. The second kappa shape index (κ2) is 7.21. The summed E-state index contributed by atoms with van der Waals surface area (Å²) in [5.74, 6) is 0.158. The third kappa shape index (κ3) is 3.88. The van der Waals surface area contributed by atoms with Crippen LogP contribution in [0.5, 0.6) is 5.75 Å². The SMILES string of the molecule is CC(=O)NCCc1c[nH]c2cccc(OS(=O)(=O)c3ccc(C)cc3)c12. The number of aromatic nitrogens is 1. The Labute approximate surface area is 152 Å². The van der Waals surface area contributed by atoms with Crippen LogP contribution in [0.25, 0.3) is 10.9 Å². The van der Waals surface area contributed by atoms with Crippen molar-refractivity contribution in [3.05, 3.63) is 59.8 Å². The average Bonchev–Trinajstić information content (AvgIpc) is 2.99. The van der Waals surface area contributed by atoms with Gasteiger partial charge in [-0.25, -0.2) is 0 Å². The molecule has 2 N–H and O–H groups in total. The highest BCUT2D eigenvalue weighted by Gasteiger charge is 2.19. The number of fused-ring (bicyclic) bond motifs is 1. The second-order valence-corrected chi connectivity index (χ2v) is 7.62. The predicted octanol–water partition coefficient (Wildman–Crippen LogP) is 2.92. The van der Waals surface area contributed by atoms with Crippen molar-refractivity contribution in [2.24, 2.45) is 0 Å². The first-order valence-corrected chi connectivity index (χ1v) is 9.62. The van der Waals surface area contributed by atoms with Gasteiger partial charge in [0.05, 0.1) is 0 Å². The highest BCUT2D eigenvalue weighted by molar-refractivity contribution is 7.87. The maximum atomic E-state index is 12.6. The molecule has 3 rings (SSSR count). The van der Waals surface area contributed by atoms with Gasteiger partial charge in [0.25, 0.3) is 0 Å². The van der Waals surface area contributed by atoms with Gasteiger partial charge < -0.3 is 14.5 Å². The molecule has 3 aromatic rings. The normalized spacial score (nSPS) is 11.5. The number of hydrogen-bond acceptors (Lipinski definition) is 4. The number of hydrogen-bond donors (Lipinski definition) is 2. The molecule has 1 aromatic heterocycles. The molecule has 0 unspecified atom stereocenters. The Hall–Kier alpha value is -2.80. The second-order valence-electron chi connectivity index (χ2n) is 6.08. The topological polar surface area (TPSA) is 88.3 Å². The lowest BCUT2D eigenvalue weighted by molar-refractivity contribution is -0.118. The fraction of sp³-hybridized carbons (Fsp3) is 0.211. The van der Waals surface area contributed by atoms with Crippen molar-refractivity contribution in [3.63, 3.8) is 0 Å². The predicted molar refractivity (Wildman–Crippen MR) is 99.7 cm³/mol. The van der Waals surface area contributed by atoms with Gasteiger partial charge in [0.15, 0.2) is 5.75 Å². The van der Waals surface area contributed by atoms with Crippen LogP contribution in [0.4, 0.5) is 0 Å². The molecule has 0 fully saturated rings. The minimum Gasteiger partial charge on any atom is -0.378 e. The largest absolute Gasteiger partial charge is 0.378 e. The van der Waals surface area contributed by atoms with Crippen LogP contribution in [-0.2, 0) is 21.3 Å². The van der Waals surface area contributed by atoms with Crippen molar-refractivity contribution < 1.29 is 17.4 Å². The number of carbonyl (C=O) groups is 1. The summed E-state index contributed by atoms with van der Waals surface area (Å²) in [6, 6.07) is 11.7. The summed E-state index contributed by atoms with van der Waals surface area (Å²) in [5, 5.41) is 3.44. The summed E-state index contributed by atoms with van der Waals surface area (Å²) in [7, 11) is -3.93. The van der Waals surface area contributed by atoms with E-state index in [1.54, 1.807) is 30.5 Å². The molecule has 7 heteroatoms. The van der Waals surface area contributed by atoms with Crippen molar-refractivity contribution >= 4 is 26.9 Å². The molecule has 0 saturated heterocycles. The van der Waals surface area contributed by atoms with E-state index in [4.69, 9.17) is 4.18 Å². The molecule has 0 aliphatic carbocycles. The molecule has 6 nitrogen and oxygen atoms in total. The summed E-state index contributed by atoms with van der Waals surface area (Å²) >= 11 is 0. The number of benzene rings is 2. The van der Waals surface area contributed by atoms with Crippen LogP contribution in [-0.4, -0.2) is 25.9 Å². The molecule has 0 spiro atoms. The van der Waals surface area contributed by atoms with Crippen LogP contribution < -0.4 is 9.50 Å². The molecule has 0 radical (unpaired) electrons. The third-order valence-corrected chi connectivity index (χ3v) is 5.28. The van der Waals surface area contributed by atoms with E-state index in [2.05, 4.69) is 10.3 Å². The Kier molecular flexibility index (Phi) is 4.99. The summed E-state index contributed by atoms with van der Waals surface area (Å²) in [5.41, 5.74) is 2.62. The molecule has 136 valence electrons. The molecule has 0 saturated carbocycles. The number of H-pyrrole nitrogens is 1. The first-order valence-electron chi connectivity index (χ1n) is 8.21. The number of aryl methyl sites for hydroxylation is 1. The van der Waals surface area contributed by atoms with Crippen molar-refractivity contribution in [1.82, 2.24) is 10.3 Å². The number of amides is 1. The Morgan fingerprint density at radius 3 is 2.58 bits per heavy atom. The van der Waals surface area contributed by atoms with Gasteiger partial charge in [0.1, 0.15) is 4.90 Å². The smallest absolute Gasteiger partial charge is 0.339 e. The summed E-state index contributed by atoms with van der Waals surface area (Å²) in [6.45, 7) is 3.80. The van der Waals surface area contributed by atoms with Crippen LogP contribution in [0.15, 0.2) is 53.6 Å². The Balaban J connectivity index is 1.93. The number of aromatic amines is 1. The zero-order valence-corrected chi connectivity index (χ0v) is 15.4. The maximum Gasteiger partial charge on any atom is 0.339 e.